The van der Waals surface area contributed by atoms with Crippen LogP contribution in [0.1, 0.15) is 36.8 Å². The Morgan fingerprint density at radius 2 is 1.92 bits per heavy atom. The third kappa shape index (κ3) is 3.82. The maximum atomic E-state index is 6.13. The van der Waals surface area contributed by atoms with Gasteiger partial charge in [-0.1, -0.05) is 0 Å². The Kier molecular flexibility index (Phi) is 5.27. The number of halogens is 1. The monoisotopic (exact) mass is 440 g/mol. The van der Waals surface area contributed by atoms with E-state index in [1.165, 1.54) is 12.8 Å². The number of nitrogens with zero attached hydrogens (tertiary/aromatic N) is 2. The fourth-order valence-electron chi connectivity index (χ4n) is 2.93. The van der Waals surface area contributed by atoms with Gasteiger partial charge >= 0.3 is 0 Å². The van der Waals surface area contributed by atoms with Gasteiger partial charge in [-0.15, -0.1) is 0 Å². The number of benzene rings is 1. The van der Waals surface area contributed by atoms with Crippen LogP contribution in [-0.4, -0.2) is 23.2 Å². The smallest absolute Gasteiger partial charge is 0.221 e. The predicted molar refractivity (Wildman–Crippen MR) is 102 cm³/mol. The molecule has 0 saturated heterocycles. The molecule has 1 aliphatic rings. The van der Waals surface area contributed by atoms with Crippen molar-refractivity contribution in [3.05, 3.63) is 33.0 Å². The van der Waals surface area contributed by atoms with Crippen LogP contribution in [0.5, 0.6) is 11.5 Å². The summed E-state index contributed by atoms with van der Waals surface area (Å²) in [6.45, 7) is 0. The van der Waals surface area contributed by atoms with Crippen molar-refractivity contribution in [2.75, 3.05) is 18.6 Å². The highest BCUT2D eigenvalue weighted by Gasteiger charge is 2.20. The quantitative estimate of drug-likeness (QED) is 0.694. The molecule has 0 unspecified atom stereocenters. The number of anilines is 2. The molecule has 0 spiro atoms. The topological polar surface area (TPSA) is 96.3 Å². The highest BCUT2D eigenvalue weighted by molar-refractivity contribution is 14.1. The summed E-state index contributed by atoms with van der Waals surface area (Å²) in [6, 6.07) is 4.03. The molecule has 0 atom stereocenters. The van der Waals surface area contributed by atoms with Crippen molar-refractivity contribution in [2.24, 2.45) is 0 Å². The first-order valence-electron chi connectivity index (χ1n) is 7.96. The number of hydrogen-bond donors (Lipinski definition) is 2. The molecule has 0 radical (unpaired) electrons. The Balaban J connectivity index is 1.85. The van der Waals surface area contributed by atoms with E-state index in [0.29, 0.717) is 18.3 Å². The molecular formula is C17H21IN4O2. The third-order valence-corrected chi connectivity index (χ3v) is 5.23. The van der Waals surface area contributed by atoms with Crippen molar-refractivity contribution < 1.29 is 9.47 Å². The van der Waals surface area contributed by atoms with Crippen LogP contribution in [-0.2, 0) is 6.42 Å². The minimum Gasteiger partial charge on any atom is -0.493 e. The van der Waals surface area contributed by atoms with Gasteiger partial charge in [0.15, 0.2) is 11.5 Å². The molecule has 0 bridgehead atoms. The molecule has 2 aromatic rings. The van der Waals surface area contributed by atoms with Crippen molar-refractivity contribution in [3.8, 4) is 11.5 Å². The zero-order valence-corrected chi connectivity index (χ0v) is 15.7. The average molecular weight is 440 g/mol. The van der Waals surface area contributed by atoms with Gasteiger partial charge in [-0.2, -0.15) is 4.98 Å². The Bertz CT molecular complexity index is 733. The van der Waals surface area contributed by atoms with Crippen LogP contribution in [0, 0.1) is 3.57 Å². The molecule has 24 heavy (non-hydrogen) atoms. The molecule has 1 heterocycles. The molecule has 1 saturated carbocycles. The molecule has 6 nitrogen and oxygen atoms in total. The zero-order valence-electron chi connectivity index (χ0n) is 13.6. The first-order valence-corrected chi connectivity index (χ1v) is 9.04. The SMILES string of the molecule is COc1cc(Cc2cnc(N)nc2N)c(I)cc1OC1CCCC1. The van der Waals surface area contributed by atoms with Gasteiger partial charge in [0.05, 0.1) is 13.2 Å². The molecule has 0 amide bonds. The van der Waals surface area contributed by atoms with E-state index in [0.717, 1.165) is 39.0 Å². The van der Waals surface area contributed by atoms with E-state index in [2.05, 4.69) is 32.6 Å². The van der Waals surface area contributed by atoms with Crippen LogP contribution in [0.15, 0.2) is 18.3 Å². The molecule has 1 aliphatic carbocycles. The Morgan fingerprint density at radius 1 is 1.17 bits per heavy atom. The first-order chi connectivity index (χ1) is 11.6. The summed E-state index contributed by atoms with van der Waals surface area (Å²) in [5.74, 6) is 2.14. The molecule has 3 rings (SSSR count). The lowest BCUT2D eigenvalue weighted by atomic mass is 10.1. The second-order valence-corrected chi connectivity index (χ2v) is 7.10. The lowest BCUT2D eigenvalue weighted by Crippen LogP contribution is -2.12. The van der Waals surface area contributed by atoms with Crippen molar-refractivity contribution in [3.63, 3.8) is 0 Å². The van der Waals surface area contributed by atoms with Crippen LogP contribution in [0.4, 0.5) is 11.8 Å². The van der Waals surface area contributed by atoms with E-state index < -0.39 is 0 Å². The molecule has 1 aromatic heterocycles. The van der Waals surface area contributed by atoms with Crippen molar-refractivity contribution in [1.82, 2.24) is 9.97 Å². The summed E-state index contributed by atoms with van der Waals surface area (Å²) in [4.78, 5) is 8.04. The normalized spacial score (nSPS) is 14.8. The van der Waals surface area contributed by atoms with E-state index >= 15 is 0 Å². The Labute approximate surface area is 155 Å². The van der Waals surface area contributed by atoms with Crippen molar-refractivity contribution in [2.45, 2.75) is 38.2 Å². The number of ether oxygens (including phenoxy) is 2. The average Bonchev–Trinajstić information content (AvgIpc) is 3.05. The van der Waals surface area contributed by atoms with Crippen LogP contribution in [0.3, 0.4) is 0 Å². The van der Waals surface area contributed by atoms with Gasteiger partial charge in [-0.05, 0) is 66.0 Å². The van der Waals surface area contributed by atoms with Gasteiger partial charge in [0.1, 0.15) is 5.82 Å². The standard InChI is InChI=1S/C17H21IN4O2/c1-23-14-7-10(6-11-9-21-17(20)22-16(11)19)13(18)8-15(14)24-12-4-2-3-5-12/h7-9,12H,2-6H2,1H3,(H4,19,20,21,22). The maximum absolute atomic E-state index is 6.13. The Morgan fingerprint density at radius 3 is 2.58 bits per heavy atom. The number of nitrogens with two attached hydrogens (primary N) is 2. The molecule has 4 N–H and O–H groups in total. The number of rotatable bonds is 5. The van der Waals surface area contributed by atoms with Gasteiger partial charge in [-0.25, -0.2) is 4.98 Å². The number of nitrogen functional groups attached to an aromatic ring is 2. The number of aromatic nitrogens is 2. The van der Waals surface area contributed by atoms with E-state index in [9.17, 15) is 0 Å². The summed E-state index contributed by atoms with van der Waals surface area (Å²) in [5, 5.41) is 0. The second kappa shape index (κ2) is 7.42. The van der Waals surface area contributed by atoms with Crippen LogP contribution >= 0.6 is 22.6 Å². The van der Waals surface area contributed by atoms with E-state index in [1.54, 1.807) is 13.3 Å². The molecular weight excluding hydrogens is 419 g/mol. The second-order valence-electron chi connectivity index (χ2n) is 5.93. The fraction of sp³-hybridized carbons (Fsp3) is 0.412. The molecule has 1 aromatic carbocycles. The highest BCUT2D eigenvalue weighted by Crippen LogP contribution is 2.35. The Hall–Kier alpha value is -1.77. The maximum Gasteiger partial charge on any atom is 0.221 e. The largest absolute Gasteiger partial charge is 0.493 e. The van der Waals surface area contributed by atoms with E-state index in [1.807, 2.05) is 12.1 Å². The van der Waals surface area contributed by atoms with Gasteiger partial charge in [0.2, 0.25) is 5.95 Å². The highest BCUT2D eigenvalue weighted by atomic mass is 127. The van der Waals surface area contributed by atoms with Gasteiger partial charge in [0.25, 0.3) is 0 Å². The van der Waals surface area contributed by atoms with E-state index in [4.69, 9.17) is 20.9 Å². The summed E-state index contributed by atoms with van der Waals surface area (Å²) < 4.78 is 12.7. The zero-order chi connectivity index (χ0) is 17.1. The number of methoxy groups -OCH3 is 1. The summed E-state index contributed by atoms with van der Waals surface area (Å²) in [6.07, 6.45) is 7.27. The third-order valence-electron chi connectivity index (χ3n) is 4.23. The summed E-state index contributed by atoms with van der Waals surface area (Å²) >= 11 is 2.31. The molecule has 0 aliphatic heterocycles. The van der Waals surface area contributed by atoms with Crippen molar-refractivity contribution >= 4 is 34.4 Å². The van der Waals surface area contributed by atoms with Crippen LogP contribution in [0.2, 0.25) is 0 Å². The minimum atomic E-state index is 0.184. The minimum absolute atomic E-state index is 0.184. The fourth-order valence-corrected chi connectivity index (χ4v) is 3.55. The molecule has 7 heteroatoms. The van der Waals surface area contributed by atoms with Gasteiger partial charge < -0.3 is 20.9 Å². The van der Waals surface area contributed by atoms with Crippen LogP contribution in [0.25, 0.3) is 0 Å². The first kappa shape index (κ1) is 17.1. The number of hydrogen-bond acceptors (Lipinski definition) is 6. The van der Waals surface area contributed by atoms with Gasteiger partial charge in [0, 0.05) is 21.8 Å². The lowest BCUT2D eigenvalue weighted by molar-refractivity contribution is 0.200. The molecule has 1 fully saturated rings. The predicted octanol–water partition coefficient (Wildman–Crippen LogP) is 3.17. The summed E-state index contributed by atoms with van der Waals surface area (Å²) in [7, 11) is 1.66. The van der Waals surface area contributed by atoms with Gasteiger partial charge in [-0.3, -0.25) is 0 Å². The summed E-state index contributed by atoms with van der Waals surface area (Å²) in [5.41, 5.74) is 13.4. The van der Waals surface area contributed by atoms with E-state index in [-0.39, 0.29) is 5.95 Å². The lowest BCUT2D eigenvalue weighted by Gasteiger charge is -2.18. The molecule has 128 valence electrons. The van der Waals surface area contributed by atoms with Crippen LogP contribution < -0.4 is 20.9 Å². The van der Waals surface area contributed by atoms with Crippen molar-refractivity contribution in [1.29, 1.82) is 0 Å².